The molecular formula is C14H15N3O2S. The van der Waals surface area contributed by atoms with Gasteiger partial charge in [-0.05, 0) is 24.0 Å². The Kier molecular flexibility index (Phi) is 4.95. The van der Waals surface area contributed by atoms with Gasteiger partial charge in [-0.1, -0.05) is 13.0 Å². The molecule has 0 amide bonds. The van der Waals surface area contributed by atoms with Gasteiger partial charge in [0.05, 0.1) is 23.5 Å². The lowest BCUT2D eigenvalue weighted by atomic mass is 10.1. The zero-order chi connectivity index (χ0) is 14.4. The monoisotopic (exact) mass is 289 g/mol. The van der Waals surface area contributed by atoms with E-state index in [0.29, 0.717) is 17.8 Å². The Balaban J connectivity index is 2.22. The van der Waals surface area contributed by atoms with Crippen LogP contribution in [0.1, 0.15) is 23.0 Å². The Labute approximate surface area is 121 Å². The van der Waals surface area contributed by atoms with Crippen LogP contribution in [0, 0.1) is 0 Å². The average molecular weight is 289 g/mol. The first-order valence-corrected chi connectivity index (χ1v) is 7.18. The van der Waals surface area contributed by atoms with E-state index >= 15 is 0 Å². The Hall–Kier alpha value is -2.08. The fourth-order valence-electron chi connectivity index (χ4n) is 1.78. The SMILES string of the molecule is CCSc1cccc(NCc2ccncn2)c1C(=O)O. The highest BCUT2D eigenvalue weighted by molar-refractivity contribution is 7.99. The number of aromatic nitrogens is 2. The molecule has 5 nitrogen and oxygen atoms in total. The van der Waals surface area contributed by atoms with E-state index in [1.807, 2.05) is 19.1 Å². The number of hydrogen-bond acceptors (Lipinski definition) is 5. The normalized spacial score (nSPS) is 10.2. The summed E-state index contributed by atoms with van der Waals surface area (Å²) in [5.41, 5.74) is 1.73. The summed E-state index contributed by atoms with van der Waals surface area (Å²) in [5.74, 6) is -0.0953. The lowest BCUT2D eigenvalue weighted by Gasteiger charge is -2.12. The molecule has 1 aromatic heterocycles. The van der Waals surface area contributed by atoms with Gasteiger partial charge in [0, 0.05) is 11.1 Å². The Morgan fingerprint density at radius 1 is 1.40 bits per heavy atom. The largest absolute Gasteiger partial charge is 0.478 e. The smallest absolute Gasteiger partial charge is 0.338 e. The minimum absolute atomic E-state index is 0.313. The number of thioether (sulfide) groups is 1. The Morgan fingerprint density at radius 3 is 2.90 bits per heavy atom. The number of anilines is 1. The second-order valence-corrected chi connectivity index (χ2v) is 5.28. The van der Waals surface area contributed by atoms with Gasteiger partial charge in [-0.25, -0.2) is 14.8 Å². The van der Waals surface area contributed by atoms with Crippen LogP contribution < -0.4 is 5.32 Å². The van der Waals surface area contributed by atoms with Gasteiger partial charge in [0.2, 0.25) is 0 Å². The van der Waals surface area contributed by atoms with Gasteiger partial charge in [0.1, 0.15) is 6.33 Å². The molecule has 2 rings (SSSR count). The van der Waals surface area contributed by atoms with E-state index in [2.05, 4.69) is 15.3 Å². The van der Waals surface area contributed by atoms with Crippen molar-refractivity contribution in [3.05, 3.63) is 48.0 Å². The van der Waals surface area contributed by atoms with Crippen molar-refractivity contribution in [1.82, 2.24) is 9.97 Å². The molecule has 0 aliphatic rings. The summed E-state index contributed by atoms with van der Waals surface area (Å²) in [7, 11) is 0. The molecule has 6 heteroatoms. The molecule has 20 heavy (non-hydrogen) atoms. The number of aromatic carboxylic acids is 1. The number of rotatable bonds is 6. The van der Waals surface area contributed by atoms with Crippen molar-refractivity contribution < 1.29 is 9.90 Å². The number of carboxylic acid groups (broad SMARTS) is 1. The molecular weight excluding hydrogens is 274 g/mol. The van der Waals surface area contributed by atoms with E-state index in [9.17, 15) is 9.90 Å². The third-order valence-corrected chi connectivity index (χ3v) is 3.58. The summed E-state index contributed by atoms with van der Waals surface area (Å²) < 4.78 is 0. The van der Waals surface area contributed by atoms with Crippen LogP contribution in [0.2, 0.25) is 0 Å². The highest BCUT2D eigenvalue weighted by Gasteiger charge is 2.15. The van der Waals surface area contributed by atoms with Gasteiger partial charge < -0.3 is 10.4 Å². The molecule has 0 atom stereocenters. The van der Waals surface area contributed by atoms with Crippen LogP contribution in [0.4, 0.5) is 5.69 Å². The summed E-state index contributed by atoms with van der Waals surface area (Å²) in [4.78, 5) is 20.2. The van der Waals surface area contributed by atoms with E-state index in [0.717, 1.165) is 16.3 Å². The molecule has 0 saturated heterocycles. The molecule has 1 aromatic carbocycles. The second kappa shape index (κ2) is 6.91. The number of carboxylic acids is 1. The summed E-state index contributed by atoms with van der Waals surface area (Å²) >= 11 is 1.52. The summed E-state index contributed by atoms with van der Waals surface area (Å²) in [6.45, 7) is 2.46. The van der Waals surface area contributed by atoms with E-state index in [4.69, 9.17) is 0 Å². The van der Waals surface area contributed by atoms with Crippen molar-refractivity contribution in [3.8, 4) is 0 Å². The number of benzene rings is 1. The minimum atomic E-state index is -0.924. The second-order valence-electron chi connectivity index (χ2n) is 3.97. The average Bonchev–Trinajstić information content (AvgIpc) is 2.46. The lowest BCUT2D eigenvalue weighted by Crippen LogP contribution is -2.08. The first-order valence-electron chi connectivity index (χ1n) is 6.20. The van der Waals surface area contributed by atoms with Gasteiger partial charge in [-0.15, -0.1) is 11.8 Å². The predicted molar refractivity (Wildman–Crippen MR) is 79.2 cm³/mol. The molecule has 0 fully saturated rings. The quantitative estimate of drug-likeness (QED) is 0.796. The van der Waals surface area contributed by atoms with Crippen molar-refractivity contribution in [2.45, 2.75) is 18.4 Å². The molecule has 0 saturated carbocycles. The minimum Gasteiger partial charge on any atom is -0.478 e. The zero-order valence-corrected chi connectivity index (χ0v) is 11.9. The molecule has 0 radical (unpaired) electrons. The summed E-state index contributed by atoms with van der Waals surface area (Å²) in [6.07, 6.45) is 3.13. The predicted octanol–water partition coefficient (Wildman–Crippen LogP) is 2.90. The standard InChI is InChI=1S/C14H15N3O2S/c1-2-20-12-5-3-4-11(13(12)14(18)19)16-8-10-6-7-15-9-17-10/h3-7,9,16H,2,8H2,1H3,(H,18,19). The van der Waals surface area contributed by atoms with Crippen LogP contribution in [-0.2, 0) is 6.54 Å². The lowest BCUT2D eigenvalue weighted by molar-refractivity contribution is 0.0694. The van der Waals surface area contributed by atoms with Crippen LogP contribution in [-0.4, -0.2) is 26.8 Å². The van der Waals surface area contributed by atoms with Crippen molar-refractivity contribution >= 4 is 23.4 Å². The molecule has 104 valence electrons. The molecule has 1 heterocycles. The first kappa shape index (κ1) is 14.3. The fourth-order valence-corrected chi connectivity index (χ4v) is 2.61. The maximum Gasteiger partial charge on any atom is 0.338 e. The van der Waals surface area contributed by atoms with Crippen LogP contribution in [0.3, 0.4) is 0 Å². The number of carbonyl (C=O) groups is 1. The highest BCUT2D eigenvalue weighted by atomic mass is 32.2. The van der Waals surface area contributed by atoms with Crippen LogP contribution in [0.5, 0.6) is 0 Å². The maximum absolute atomic E-state index is 11.4. The third-order valence-electron chi connectivity index (χ3n) is 2.64. The molecule has 2 N–H and O–H groups in total. The summed E-state index contributed by atoms with van der Waals surface area (Å²) in [6, 6.07) is 7.24. The summed E-state index contributed by atoms with van der Waals surface area (Å²) in [5, 5.41) is 12.5. The maximum atomic E-state index is 11.4. The number of nitrogens with one attached hydrogen (secondary N) is 1. The van der Waals surface area contributed by atoms with Crippen LogP contribution >= 0.6 is 11.8 Å². The van der Waals surface area contributed by atoms with Gasteiger partial charge >= 0.3 is 5.97 Å². The topological polar surface area (TPSA) is 75.1 Å². The van der Waals surface area contributed by atoms with Gasteiger partial charge in [-0.3, -0.25) is 0 Å². The number of nitrogens with zero attached hydrogens (tertiary/aromatic N) is 2. The first-order chi connectivity index (χ1) is 9.72. The van der Waals surface area contributed by atoms with E-state index in [-0.39, 0.29) is 0 Å². The van der Waals surface area contributed by atoms with Crippen LogP contribution in [0.25, 0.3) is 0 Å². The number of hydrogen-bond donors (Lipinski definition) is 2. The zero-order valence-electron chi connectivity index (χ0n) is 11.0. The Bertz CT molecular complexity index is 590. The van der Waals surface area contributed by atoms with Gasteiger partial charge in [0.15, 0.2) is 0 Å². The van der Waals surface area contributed by atoms with Crippen molar-refractivity contribution in [2.75, 3.05) is 11.1 Å². The molecule has 0 bridgehead atoms. The molecule has 0 spiro atoms. The molecule has 2 aromatic rings. The highest BCUT2D eigenvalue weighted by Crippen LogP contribution is 2.28. The fraction of sp³-hybridized carbons (Fsp3) is 0.214. The van der Waals surface area contributed by atoms with Crippen LogP contribution in [0.15, 0.2) is 41.7 Å². The van der Waals surface area contributed by atoms with Crippen molar-refractivity contribution in [2.24, 2.45) is 0 Å². The molecule has 0 aliphatic heterocycles. The van der Waals surface area contributed by atoms with Gasteiger partial charge in [0.25, 0.3) is 0 Å². The van der Waals surface area contributed by atoms with E-state index in [1.54, 1.807) is 18.3 Å². The molecule has 0 aliphatic carbocycles. The van der Waals surface area contributed by atoms with Crippen molar-refractivity contribution in [1.29, 1.82) is 0 Å². The van der Waals surface area contributed by atoms with E-state index in [1.165, 1.54) is 18.1 Å². The van der Waals surface area contributed by atoms with E-state index < -0.39 is 5.97 Å². The molecule has 0 unspecified atom stereocenters. The Morgan fingerprint density at radius 2 is 2.25 bits per heavy atom. The third kappa shape index (κ3) is 3.48. The van der Waals surface area contributed by atoms with Gasteiger partial charge in [-0.2, -0.15) is 0 Å². The van der Waals surface area contributed by atoms with Crippen molar-refractivity contribution in [3.63, 3.8) is 0 Å².